The van der Waals surface area contributed by atoms with E-state index >= 15 is 0 Å². The van der Waals surface area contributed by atoms with Crippen LogP contribution in [-0.4, -0.2) is 33.4 Å². The summed E-state index contributed by atoms with van der Waals surface area (Å²) >= 11 is 0. The number of nitrogens with one attached hydrogen (secondary N) is 1. The van der Waals surface area contributed by atoms with Crippen LogP contribution in [0.5, 0.6) is 0 Å². The Hall–Kier alpha value is -2.59. The summed E-state index contributed by atoms with van der Waals surface area (Å²) in [5.74, 6) is 0.0349. The highest BCUT2D eigenvalue weighted by Gasteiger charge is 2.30. The summed E-state index contributed by atoms with van der Waals surface area (Å²) in [5, 5.41) is 16.3. The molecule has 2 atom stereocenters. The minimum absolute atomic E-state index is 0.0559. The van der Waals surface area contributed by atoms with Crippen LogP contribution in [0.15, 0.2) is 24.4 Å². The SMILES string of the molecule is CCn1nccc1[C@@H]1OCCC[C@H]1CNC(=O)c1ccc(C#N)n1C. The first-order chi connectivity index (χ1) is 12.2. The molecule has 0 spiro atoms. The first kappa shape index (κ1) is 17.2. The minimum atomic E-state index is -0.169. The summed E-state index contributed by atoms with van der Waals surface area (Å²) in [6.45, 7) is 4.11. The zero-order valence-corrected chi connectivity index (χ0v) is 14.6. The summed E-state index contributed by atoms with van der Waals surface area (Å²) in [5.41, 5.74) is 2.02. The third kappa shape index (κ3) is 3.44. The van der Waals surface area contributed by atoms with Gasteiger partial charge in [-0.15, -0.1) is 0 Å². The Morgan fingerprint density at radius 1 is 1.48 bits per heavy atom. The molecule has 0 unspecified atom stereocenters. The molecule has 1 aliphatic rings. The van der Waals surface area contributed by atoms with Gasteiger partial charge in [0.1, 0.15) is 23.6 Å². The quantitative estimate of drug-likeness (QED) is 0.901. The number of nitrogens with zero attached hydrogens (tertiary/aromatic N) is 4. The molecular weight excluding hydrogens is 318 g/mol. The molecule has 3 heterocycles. The van der Waals surface area contributed by atoms with Crippen LogP contribution in [0.4, 0.5) is 0 Å². The van der Waals surface area contributed by atoms with E-state index in [-0.39, 0.29) is 17.9 Å². The number of carbonyl (C=O) groups is 1. The van der Waals surface area contributed by atoms with Gasteiger partial charge in [-0.05, 0) is 38.0 Å². The maximum absolute atomic E-state index is 12.5. The normalized spacial score (nSPS) is 20.2. The van der Waals surface area contributed by atoms with Crippen LogP contribution in [-0.2, 0) is 18.3 Å². The molecule has 0 aliphatic carbocycles. The van der Waals surface area contributed by atoms with Crippen LogP contribution >= 0.6 is 0 Å². The van der Waals surface area contributed by atoms with Crippen molar-refractivity contribution in [2.24, 2.45) is 13.0 Å². The molecule has 2 aromatic heterocycles. The molecule has 132 valence electrons. The standard InChI is InChI=1S/C18H23N5O2/c1-3-23-15(8-9-21-23)17-13(5-4-10-25-17)12-20-18(24)16-7-6-14(11-19)22(16)2/h6-9,13,17H,3-5,10,12H2,1-2H3,(H,20,24)/t13-,17+/m0/s1. The number of aryl methyl sites for hydroxylation is 1. The maximum atomic E-state index is 12.5. The third-order valence-corrected chi connectivity index (χ3v) is 4.78. The molecule has 1 N–H and O–H groups in total. The fraction of sp³-hybridized carbons (Fsp3) is 0.500. The van der Waals surface area contributed by atoms with E-state index in [1.165, 1.54) is 0 Å². The molecule has 0 bridgehead atoms. The number of hydrogen-bond donors (Lipinski definition) is 1. The second-order valence-electron chi connectivity index (χ2n) is 6.25. The van der Waals surface area contributed by atoms with Crippen molar-refractivity contribution >= 4 is 5.91 Å². The van der Waals surface area contributed by atoms with Crippen molar-refractivity contribution in [3.8, 4) is 6.07 Å². The molecule has 3 rings (SSSR count). The van der Waals surface area contributed by atoms with Crippen molar-refractivity contribution in [3.05, 3.63) is 41.5 Å². The second-order valence-corrected chi connectivity index (χ2v) is 6.25. The summed E-state index contributed by atoms with van der Waals surface area (Å²) in [4.78, 5) is 12.5. The lowest BCUT2D eigenvalue weighted by Gasteiger charge is -2.32. The molecule has 0 aromatic carbocycles. The second kappa shape index (κ2) is 7.53. The van der Waals surface area contributed by atoms with Crippen LogP contribution < -0.4 is 5.32 Å². The number of amides is 1. The van der Waals surface area contributed by atoms with E-state index in [1.54, 1.807) is 29.9 Å². The molecule has 7 nitrogen and oxygen atoms in total. The Labute approximate surface area is 147 Å². The number of ether oxygens (including phenoxy) is 1. The minimum Gasteiger partial charge on any atom is -0.372 e. The van der Waals surface area contributed by atoms with Gasteiger partial charge in [0.15, 0.2) is 0 Å². The average Bonchev–Trinajstić information content (AvgIpc) is 3.26. The van der Waals surface area contributed by atoms with Crippen molar-refractivity contribution in [2.75, 3.05) is 13.2 Å². The zero-order chi connectivity index (χ0) is 17.8. The number of aromatic nitrogens is 3. The largest absolute Gasteiger partial charge is 0.372 e. The van der Waals surface area contributed by atoms with Gasteiger partial charge >= 0.3 is 0 Å². The van der Waals surface area contributed by atoms with Crippen molar-refractivity contribution < 1.29 is 9.53 Å². The zero-order valence-electron chi connectivity index (χ0n) is 14.6. The Morgan fingerprint density at radius 3 is 3.04 bits per heavy atom. The topological polar surface area (TPSA) is 84.9 Å². The fourth-order valence-corrected chi connectivity index (χ4v) is 3.39. The molecule has 1 amide bonds. The van der Waals surface area contributed by atoms with Gasteiger partial charge in [-0.3, -0.25) is 9.48 Å². The predicted octanol–water partition coefficient (Wildman–Crippen LogP) is 2.01. The number of carbonyl (C=O) groups excluding carboxylic acids is 1. The van der Waals surface area contributed by atoms with E-state index < -0.39 is 0 Å². The van der Waals surface area contributed by atoms with Gasteiger partial charge in [-0.1, -0.05) is 0 Å². The average molecular weight is 341 g/mol. The van der Waals surface area contributed by atoms with Gasteiger partial charge < -0.3 is 14.6 Å². The lowest BCUT2D eigenvalue weighted by molar-refractivity contribution is -0.0321. The third-order valence-electron chi connectivity index (χ3n) is 4.78. The highest BCUT2D eigenvalue weighted by atomic mass is 16.5. The Kier molecular flexibility index (Phi) is 5.19. The van der Waals surface area contributed by atoms with Gasteiger partial charge in [-0.2, -0.15) is 10.4 Å². The van der Waals surface area contributed by atoms with Gasteiger partial charge in [0.2, 0.25) is 0 Å². The molecule has 2 aromatic rings. The van der Waals surface area contributed by atoms with E-state index in [0.717, 1.165) is 31.7 Å². The van der Waals surface area contributed by atoms with Gasteiger partial charge in [0.25, 0.3) is 5.91 Å². The van der Waals surface area contributed by atoms with Gasteiger partial charge in [0, 0.05) is 38.9 Å². The highest BCUT2D eigenvalue weighted by Crippen LogP contribution is 2.33. The summed E-state index contributed by atoms with van der Waals surface area (Å²) < 4.78 is 9.55. The fourth-order valence-electron chi connectivity index (χ4n) is 3.39. The summed E-state index contributed by atoms with van der Waals surface area (Å²) in [7, 11) is 1.72. The van der Waals surface area contributed by atoms with Crippen molar-refractivity contribution in [2.45, 2.75) is 32.4 Å². The van der Waals surface area contributed by atoms with E-state index in [0.29, 0.717) is 17.9 Å². The first-order valence-corrected chi connectivity index (χ1v) is 8.63. The van der Waals surface area contributed by atoms with E-state index in [9.17, 15) is 4.79 Å². The van der Waals surface area contributed by atoms with Crippen LogP contribution in [0.2, 0.25) is 0 Å². The summed E-state index contributed by atoms with van der Waals surface area (Å²) in [6.07, 6.45) is 3.72. The monoisotopic (exact) mass is 341 g/mol. The van der Waals surface area contributed by atoms with Gasteiger partial charge in [-0.25, -0.2) is 0 Å². The molecule has 25 heavy (non-hydrogen) atoms. The van der Waals surface area contributed by atoms with Crippen molar-refractivity contribution in [1.82, 2.24) is 19.7 Å². The molecule has 0 saturated carbocycles. The number of rotatable bonds is 5. The maximum Gasteiger partial charge on any atom is 0.267 e. The lowest BCUT2D eigenvalue weighted by Crippen LogP contribution is -2.36. The van der Waals surface area contributed by atoms with Crippen molar-refractivity contribution in [3.63, 3.8) is 0 Å². The molecule has 1 fully saturated rings. The Morgan fingerprint density at radius 2 is 2.32 bits per heavy atom. The predicted molar refractivity (Wildman–Crippen MR) is 91.8 cm³/mol. The molecular formula is C18H23N5O2. The van der Waals surface area contributed by atoms with Crippen LogP contribution in [0.25, 0.3) is 0 Å². The smallest absolute Gasteiger partial charge is 0.267 e. The van der Waals surface area contributed by atoms with E-state index in [2.05, 4.69) is 23.4 Å². The Balaban J connectivity index is 1.69. The van der Waals surface area contributed by atoms with Crippen molar-refractivity contribution in [1.29, 1.82) is 5.26 Å². The van der Waals surface area contributed by atoms with E-state index in [4.69, 9.17) is 10.00 Å². The molecule has 1 saturated heterocycles. The molecule has 0 radical (unpaired) electrons. The molecule has 1 aliphatic heterocycles. The molecule has 7 heteroatoms. The van der Waals surface area contributed by atoms with Crippen LogP contribution in [0.3, 0.4) is 0 Å². The lowest BCUT2D eigenvalue weighted by atomic mass is 9.92. The summed E-state index contributed by atoms with van der Waals surface area (Å²) in [6, 6.07) is 7.39. The highest BCUT2D eigenvalue weighted by molar-refractivity contribution is 5.93. The van der Waals surface area contributed by atoms with Gasteiger partial charge in [0.05, 0.1) is 5.69 Å². The van der Waals surface area contributed by atoms with E-state index in [1.807, 2.05) is 10.7 Å². The van der Waals surface area contributed by atoms with Crippen LogP contribution in [0.1, 0.15) is 47.7 Å². The number of hydrogen-bond acceptors (Lipinski definition) is 4. The first-order valence-electron chi connectivity index (χ1n) is 8.63. The Bertz CT molecular complexity index is 786. The van der Waals surface area contributed by atoms with Crippen LogP contribution in [0, 0.1) is 17.2 Å². The number of nitriles is 1.